The van der Waals surface area contributed by atoms with Gasteiger partial charge in [0, 0.05) is 0 Å². The molecule has 6 rings (SSSR count). The van der Waals surface area contributed by atoms with Crippen molar-refractivity contribution < 1.29 is 76.9 Å². The fourth-order valence-corrected chi connectivity index (χ4v) is 11.9. The molecule has 0 N–H and O–H groups in total. The summed E-state index contributed by atoms with van der Waals surface area (Å²) < 4.78 is 12.3. The van der Waals surface area contributed by atoms with Crippen LogP contribution in [0, 0.1) is 27.7 Å². The van der Waals surface area contributed by atoms with E-state index in [0.29, 0.717) is 0 Å². The molecule has 0 aromatic heterocycles. The first-order valence-corrected chi connectivity index (χ1v) is 18.3. The minimum absolute atomic E-state index is 0. The molecule has 0 aliphatic rings. The average Bonchev–Trinajstić information content (AvgIpc) is 3.08. The van der Waals surface area contributed by atoms with Gasteiger partial charge < -0.3 is 57.4 Å². The fourth-order valence-electron chi connectivity index (χ4n) is 6.66. The monoisotopic (exact) mass is 994 g/mol. The van der Waals surface area contributed by atoms with E-state index in [9.17, 15) is 0 Å². The summed E-state index contributed by atoms with van der Waals surface area (Å²) in [6.07, 6.45) is 0. The molecule has 0 fully saturated rings. The number of hydrogen-bond acceptors (Lipinski definition) is 2. The Hall–Kier alpha value is -2.14. The Morgan fingerprint density at radius 3 is 0.878 bits per heavy atom. The minimum Gasteiger partial charge on any atom is -1.00 e. The second kappa shape index (κ2) is 18.9. The molecule has 0 saturated carbocycles. The van der Waals surface area contributed by atoms with E-state index < -0.39 is 15.8 Å². The van der Waals surface area contributed by atoms with Crippen LogP contribution in [0.1, 0.15) is 22.3 Å². The van der Waals surface area contributed by atoms with Crippen molar-refractivity contribution in [3.05, 3.63) is 156 Å². The topological polar surface area (TPSA) is 18.5 Å². The molecule has 49 heavy (non-hydrogen) atoms. The van der Waals surface area contributed by atoms with Gasteiger partial charge in [0.15, 0.2) is 0 Å². The maximum atomic E-state index is 6.16. The van der Waals surface area contributed by atoms with Crippen LogP contribution in [0.5, 0.6) is 11.5 Å². The maximum absolute atomic E-state index is 6.16. The normalized spacial score (nSPS) is 10.5. The maximum Gasteiger partial charge on any atom is 2.00 e. The Kier molecular flexibility index (Phi) is 15.9. The van der Waals surface area contributed by atoms with Crippen molar-refractivity contribution in [2.24, 2.45) is 0 Å². The van der Waals surface area contributed by atoms with Gasteiger partial charge in [0.05, 0.1) is 14.2 Å². The van der Waals surface area contributed by atoms with E-state index in [2.05, 4.69) is 161 Å². The molecular weight excluding hydrogens is 953 g/mol. The molecule has 0 atom stereocenters. The Balaban J connectivity index is 0.00000217. The van der Waals surface area contributed by atoms with E-state index in [0.717, 1.165) is 33.8 Å². The van der Waals surface area contributed by atoms with Gasteiger partial charge in [-0.1, -0.05) is 121 Å². The summed E-state index contributed by atoms with van der Waals surface area (Å²) in [4.78, 5) is 0. The Bertz CT molecular complexity index is 1740. The van der Waals surface area contributed by atoms with Crippen molar-refractivity contribution in [2.45, 2.75) is 27.7 Å². The summed E-state index contributed by atoms with van der Waals surface area (Å²) in [6, 6.07) is 48.7. The van der Waals surface area contributed by atoms with Crippen LogP contribution in [-0.2, 0) is 19.5 Å². The first-order valence-electron chi connectivity index (χ1n) is 15.6. The number of aryl methyl sites for hydroxylation is 2. The van der Waals surface area contributed by atoms with Gasteiger partial charge >= 0.3 is 19.5 Å². The van der Waals surface area contributed by atoms with Crippen LogP contribution < -0.4 is 89.3 Å². The minimum atomic E-state index is -0.903. The van der Waals surface area contributed by atoms with Crippen molar-refractivity contribution in [1.29, 1.82) is 0 Å². The molecule has 7 heteroatoms. The Morgan fingerprint density at radius 2 is 0.653 bits per heavy atom. The second-order valence-electron chi connectivity index (χ2n) is 11.5. The quantitative estimate of drug-likeness (QED) is 0.126. The average molecular weight is 994 g/mol. The second-order valence-corrected chi connectivity index (χ2v) is 15.9. The van der Waals surface area contributed by atoms with E-state index in [4.69, 9.17) is 9.47 Å². The van der Waals surface area contributed by atoms with Gasteiger partial charge in [0.25, 0.3) is 0 Å². The molecule has 0 saturated heterocycles. The molecule has 0 aliphatic heterocycles. The summed E-state index contributed by atoms with van der Waals surface area (Å²) in [5.41, 5.74) is 7.08. The summed E-state index contributed by atoms with van der Waals surface area (Å²) in [5, 5.41) is 7.94. The van der Waals surface area contributed by atoms with E-state index >= 15 is 0 Å². The van der Waals surface area contributed by atoms with Crippen molar-refractivity contribution in [3.8, 4) is 22.6 Å². The molecule has 0 aliphatic carbocycles. The predicted molar refractivity (Wildman–Crippen MR) is 201 cm³/mol. The van der Waals surface area contributed by atoms with Crippen LogP contribution in [0.4, 0.5) is 0 Å². The Morgan fingerprint density at radius 1 is 0.408 bits per heavy atom. The predicted octanol–water partition coefficient (Wildman–Crippen LogP) is 2.13. The number of halogens is 2. The van der Waals surface area contributed by atoms with Gasteiger partial charge in [0.1, 0.15) is 11.5 Å². The zero-order chi connectivity index (χ0) is 32.2. The number of rotatable bonds is 9. The molecule has 6 aromatic carbocycles. The zero-order valence-corrected chi connectivity index (χ0v) is 36.4. The molecule has 2 nitrogen and oxygen atoms in total. The van der Waals surface area contributed by atoms with Gasteiger partial charge in [-0.3, -0.25) is 0 Å². The van der Waals surface area contributed by atoms with E-state index in [1.165, 1.54) is 43.0 Å². The van der Waals surface area contributed by atoms with E-state index in [1.807, 2.05) is 0 Å². The van der Waals surface area contributed by atoms with Crippen LogP contribution in [0.3, 0.4) is 0 Å². The molecule has 0 bridgehead atoms. The van der Waals surface area contributed by atoms with E-state index in [1.54, 1.807) is 14.2 Å². The number of ether oxygens (including phenoxy) is 2. The molecular formula is C42H40I2O2P2Ru. The van der Waals surface area contributed by atoms with Crippen molar-refractivity contribution >= 4 is 47.7 Å². The van der Waals surface area contributed by atoms with Gasteiger partial charge in [-0.05, 0) is 121 Å². The van der Waals surface area contributed by atoms with Gasteiger partial charge in [-0.15, -0.1) is 0 Å². The first-order chi connectivity index (χ1) is 22.4. The largest absolute Gasteiger partial charge is 2.00 e. The first kappa shape index (κ1) is 41.3. The summed E-state index contributed by atoms with van der Waals surface area (Å²) >= 11 is 0. The van der Waals surface area contributed by atoms with Crippen LogP contribution in [0.2, 0.25) is 0 Å². The summed E-state index contributed by atoms with van der Waals surface area (Å²) in [5.74, 6) is 1.87. The molecule has 0 heterocycles. The molecule has 0 radical (unpaired) electrons. The molecule has 0 spiro atoms. The molecule has 0 amide bonds. The molecule has 6 aromatic rings. The van der Waals surface area contributed by atoms with Crippen molar-refractivity contribution in [2.75, 3.05) is 14.2 Å². The van der Waals surface area contributed by atoms with Crippen LogP contribution in [0.25, 0.3) is 11.1 Å². The van der Waals surface area contributed by atoms with Gasteiger partial charge in [0.2, 0.25) is 0 Å². The third kappa shape index (κ3) is 8.50. The van der Waals surface area contributed by atoms with Crippen LogP contribution in [0.15, 0.2) is 133 Å². The number of hydrogen-bond donors (Lipinski definition) is 0. The van der Waals surface area contributed by atoms with Crippen molar-refractivity contribution in [1.82, 2.24) is 0 Å². The smallest absolute Gasteiger partial charge is 1.00 e. The third-order valence-electron chi connectivity index (χ3n) is 8.56. The molecule has 0 unspecified atom stereocenters. The molecule has 252 valence electrons. The van der Waals surface area contributed by atoms with Crippen molar-refractivity contribution in [3.63, 3.8) is 0 Å². The standard InChI is InChI=1S/C42H40O2P2.2HI.Ru/c1-29-27-37(45(33-19-11-7-12-20-33)34-21-13-8-14-22-34)39(31(3)41(29)43-5)40-32(4)42(44-6)30(2)28-38(40)46(35-23-15-9-16-24-35)36-25-17-10-18-26-36;;;/h7-28H,1-6H3;2*1H;/q;;;+2/p-2. The van der Waals surface area contributed by atoms with Crippen LogP contribution >= 0.6 is 15.8 Å². The Labute approximate surface area is 341 Å². The summed E-state index contributed by atoms with van der Waals surface area (Å²) in [6.45, 7) is 8.81. The van der Waals surface area contributed by atoms with E-state index in [-0.39, 0.29) is 67.4 Å². The fraction of sp³-hybridized carbons (Fsp3) is 0.143. The zero-order valence-electron chi connectivity index (χ0n) is 28.5. The van der Waals surface area contributed by atoms with Crippen LogP contribution in [-0.4, -0.2) is 14.2 Å². The SMILES string of the molecule is COc1c(C)cc(P(c2ccccc2)c2ccccc2)c(-c2c(P(c3ccccc3)c3ccccc3)cc(C)c(OC)c2C)c1C.[I-].[I-].[Ru+2]. The summed E-state index contributed by atoms with van der Waals surface area (Å²) in [7, 11) is 1.78. The van der Waals surface area contributed by atoms with Gasteiger partial charge in [-0.2, -0.15) is 0 Å². The van der Waals surface area contributed by atoms with Gasteiger partial charge in [-0.25, -0.2) is 0 Å². The number of methoxy groups -OCH3 is 2. The third-order valence-corrected chi connectivity index (χ3v) is 13.5. The number of benzene rings is 6.